The minimum Gasteiger partial charge on any atom is -0.385 e. The van der Waals surface area contributed by atoms with Crippen LogP contribution >= 0.6 is 0 Å². The van der Waals surface area contributed by atoms with Gasteiger partial charge in [-0.15, -0.1) is 0 Å². The Labute approximate surface area is 82.8 Å². The van der Waals surface area contributed by atoms with E-state index in [1.807, 2.05) is 6.92 Å². The van der Waals surface area contributed by atoms with Gasteiger partial charge in [0.25, 0.3) is 0 Å². The molecule has 1 unspecified atom stereocenters. The summed E-state index contributed by atoms with van der Waals surface area (Å²) in [7, 11) is 1.61. The standard InChI is InChI=1S/C9H18F3NO/c1-8(4-7-14-2)13-6-3-5-9(10,11)12/h8,13H,3-7H2,1-2H3. The summed E-state index contributed by atoms with van der Waals surface area (Å²) in [5, 5.41) is 3.01. The Morgan fingerprint density at radius 2 is 2.00 bits per heavy atom. The number of alkyl halides is 3. The van der Waals surface area contributed by atoms with E-state index in [4.69, 9.17) is 4.74 Å². The molecule has 0 aromatic carbocycles. The van der Waals surface area contributed by atoms with E-state index in [-0.39, 0.29) is 12.5 Å². The van der Waals surface area contributed by atoms with E-state index in [0.29, 0.717) is 13.2 Å². The Morgan fingerprint density at radius 3 is 2.50 bits per heavy atom. The van der Waals surface area contributed by atoms with Gasteiger partial charge in [0.2, 0.25) is 0 Å². The first-order valence-corrected chi connectivity index (χ1v) is 4.75. The van der Waals surface area contributed by atoms with E-state index in [2.05, 4.69) is 5.32 Å². The molecule has 0 heterocycles. The summed E-state index contributed by atoms with van der Waals surface area (Å²) in [6, 6.07) is 0.211. The number of methoxy groups -OCH3 is 1. The summed E-state index contributed by atoms with van der Waals surface area (Å²) >= 11 is 0. The van der Waals surface area contributed by atoms with Gasteiger partial charge in [-0.3, -0.25) is 0 Å². The van der Waals surface area contributed by atoms with Crippen molar-refractivity contribution in [3.8, 4) is 0 Å². The molecule has 0 aliphatic rings. The minimum absolute atomic E-state index is 0.140. The quantitative estimate of drug-likeness (QED) is 0.655. The third-order valence-electron chi connectivity index (χ3n) is 1.88. The van der Waals surface area contributed by atoms with Crippen LogP contribution in [-0.4, -0.2) is 32.5 Å². The molecule has 5 heteroatoms. The molecule has 0 fully saturated rings. The van der Waals surface area contributed by atoms with Crippen LogP contribution in [0.15, 0.2) is 0 Å². The van der Waals surface area contributed by atoms with Gasteiger partial charge in [0.1, 0.15) is 0 Å². The first-order valence-electron chi connectivity index (χ1n) is 4.75. The Balaban J connectivity index is 3.27. The second-order valence-electron chi connectivity index (χ2n) is 3.36. The number of halogens is 3. The summed E-state index contributed by atoms with van der Waals surface area (Å²) in [6.07, 6.45) is -3.78. The largest absolute Gasteiger partial charge is 0.389 e. The Hall–Kier alpha value is -0.290. The number of nitrogens with one attached hydrogen (secondary N) is 1. The van der Waals surface area contributed by atoms with Gasteiger partial charge in [0.15, 0.2) is 0 Å². The maximum Gasteiger partial charge on any atom is 0.389 e. The summed E-state index contributed by atoms with van der Waals surface area (Å²) < 4.78 is 40.1. The van der Waals surface area contributed by atoms with Crippen LogP contribution < -0.4 is 5.32 Å². The fourth-order valence-electron chi connectivity index (χ4n) is 1.03. The lowest BCUT2D eigenvalue weighted by atomic mass is 10.2. The lowest BCUT2D eigenvalue weighted by Gasteiger charge is -2.13. The van der Waals surface area contributed by atoms with Crippen molar-refractivity contribution < 1.29 is 17.9 Å². The Kier molecular flexibility index (Phi) is 6.92. The van der Waals surface area contributed by atoms with Gasteiger partial charge in [-0.25, -0.2) is 0 Å². The van der Waals surface area contributed by atoms with Gasteiger partial charge in [-0.05, 0) is 26.3 Å². The molecule has 0 saturated heterocycles. The zero-order chi connectivity index (χ0) is 11.0. The molecule has 0 aliphatic heterocycles. The monoisotopic (exact) mass is 213 g/mol. The highest BCUT2D eigenvalue weighted by Crippen LogP contribution is 2.20. The lowest BCUT2D eigenvalue weighted by Crippen LogP contribution is -2.28. The lowest BCUT2D eigenvalue weighted by molar-refractivity contribution is -0.135. The van der Waals surface area contributed by atoms with Crippen LogP contribution in [0.2, 0.25) is 0 Å². The normalized spacial score (nSPS) is 14.4. The molecule has 1 N–H and O–H groups in total. The Bertz CT molecular complexity index is 139. The van der Waals surface area contributed by atoms with Gasteiger partial charge in [0.05, 0.1) is 0 Å². The molecule has 0 spiro atoms. The van der Waals surface area contributed by atoms with E-state index in [1.165, 1.54) is 0 Å². The molecule has 0 rings (SSSR count). The summed E-state index contributed by atoms with van der Waals surface area (Å²) in [6.45, 7) is 2.98. The number of hydrogen-bond acceptors (Lipinski definition) is 2. The average Bonchev–Trinajstić information content (AvgIpc) is 2.07. The molecule has 2 nitrogen and oxygen atoms in total. The van der Waals surface area contributed by atoms with Crippen LogP contribution in [0.5, 0.6) is 0 Å². The summed E-state index contributed by atoms with van der Waals surface area (Å²) in [5.74, 6) is 0. The van der Waals surface area contributed by atoms with E-state index < -0.39 is 12.6 Å². The fourth-order valence-corrected chi connectivity index (χ4v) is 1.03. The van der Waals surface area contributed by atoms with Crippen molar-refractivity contribution in [2.45, 2.75) is 38.4 Å². The third kappa shape index (κ3) is 9.80. The molecule has 86 valence electrons. The topological polar surface area (TPSA) is 21.3 Å². The smallest absolute Gasteiger partial charge is 0.385 e. The number of rotatable bonds is 7. The van der Waals surface area contributed by atoms with Crippen LogP contribution in [0, 0.1) is 0 Å². The van der Waals surface area contributed by atoms with Crippen LogP contribution in [0.4, 0.5) is 13.2 Å². The van der Waals surface area contributed by atoms with Gasteiger partial charge in [-0.1, -0.05) is 0 Å². The molecule has 0 bridgehead atoms. The van der Waals surface area contributed by atoms with Crippen molar-refractivity contribution in [2.75, 3.05) is 20.3 Å². The molecule has 0 aromatic heterocycles. The maximum atomic E-state index is 11.7. The molecule has 0 amide bonds. The Morgan fingerprint density at radius 1 is 1.36 bits per heavy atom. The van der Waals surface area contributed by atoms with Gasteiger partial charge in [0, 0.05) is 26.2 Å². The van der Waals surface area contributed by atoms with E-state index in [9.17, 15) is 13.2 Å². The maximum absolute atomic E-state index is 11.7. The molecule has 0 radical (unpaired) electrons. The summed E-state index contributed by atoms with van der Waals surface area (Å²) in [4.78, 5) is 0. The molecule has 0 aromatic rings. The minimum atomic E-state index is -4.03. The summed E-state index contributed by atoms with van der Waals surface area (Å²) in [5.41, 5.74) is 0. The zero-order valence-electron chi connectivity index (χ0n) is 8.66. The van der Waals surface area contributed by atoms with Gasteiger partial charge < -0.3 is 10.1 Å². The fraction of sp³-hybridized carbons (Fsp3) is 1.00. The van der Waals surface area contributed by atoms with Crippen molar-refractivity contribution in [2.24, 2.45) is 0 Å². The second kappa shape index (κ2) is 7.06. The number of ether oxygens (including phenoxy) is 1. The highest BCUT2D eigenvalue weighted by Gasteiger charge is 2.25. The van der Waals surface area contributed by atoms with Crippen molar-refractivity contribution in [1.82, 2.24) is 5.32 Å². The first-order chi connectivity index (χ1) is 6.45. The molecule has 0 aliphatic carbocycles. The predicted octanol–water partition coefficient (Wildman–Crippen LogP) is 2.34. The number of hydrogen-bond donors (Lipinski definition) is 1. The van der Waals surface area contributed by atoms with Gasteiger partial charge in [-0.2, -0.15) is 13.2 Å². The van der Waals surface area contributed by atoms with Crippen molar-refractivity contribution >= 4 is 0 Å². The van der Waals surface area contributed by atoms with Crippen molar-refractivity contribution in [3.05, 3.63) is 0 Å². The molecule has 1 atom stereocenters. The SMILES string of the molecule is COCCC(C)NCCCC(F)(F)F. The highest BCUT2D eigenvalue weighted by molar-refractivity contribution is 4.61. The van der Waals surface area contributed by atoms with Crippen LogP contribution in [0.1, 0.15) is 26.2 Å². The van der Waals surface area contributed by atoms with Crippen molar-refractivity contribution in [1.29, 1.82) is 0 Å². The predicted molar refractivity (Wildman–Crippen MR) is 49.2 cm³/mol. The van der Waals surface area contributed by atoms with E-state index >= 15 is 0 Å². The highest BCUT2D eigenvalue weighted by atomic mass is 19.4. The molecular formula is C9H18F3NO. The zero-order valence-corrected chi connectivity index (χ0v) is 8.66. The van der Waals surface area contributed by atoms with Crippen molar-refractivity contribution in [3.63, 3.8) is 0 Å². The first kappa shape index (κ1) is 13.7. The third-order valence-corrected chi connectivity index (χ3v) is 1.88. The van der Waals surface area contributed by atoms with Gasteiger partial charge >= 0.3 is 6.18 Å². The van der Waals surface area contributed by atoms with Crippen LogP contribution in [-0.2, 0) is 4.74 Å². The average molecular weight is 213 g/mol. The van der Waals surface area contributed by atoms with Crippen LogP contribution in [0.25, 0.3) is 0 Å². The molecular weight excluding hydrogens is 195 g/mol. The van der Waals surface area contributed by atoms with E-state index in [0.717, 1.165) is 6.42 Å². The molecule has 14 heavy (non-hydrogen) atoms. The second-order valence-corrected chi connectivity index (χ2v) is 3.36. The van der Waals surface area contributed by atoms with E-state index in [1.54, 1.807) is 7.11 Å². The van der Waals surface area contributed by atoms with Crippen LogP contribution in [0.3, 0.4) is 0 Å². The molecule has 0 saturated carbocycles.